The van der Waals surface area contributed by atoms with Gasteiger partial charge in [-0.15, -0.1) is 0 Å². The van der Waals surface area contributed by atoms with E-state index in [1.54, 1.807) is 11.0 Å². The first-order chi connectivity index (χ1) is 12.5. The number of carbonyl (C=O) groups excluding carboxylic acids is 1. The topological polar surface area (TPSA) is 58.1 Å². The average molecular weight is 354 g/mol. The predicted molar refractivity (Wildman–Crippen MR) is 107 cm³/mol. The minimum Gasteiger partial charge on any atom is -0.370 e. The quantitative estimate of drug-likeness (QED) is 0.721. The standard InChI is InChI=1S/C21H30N4O/c1-5-6-14-25(4)21(26)18-15-19(22-13-12-16(2)3)24-20(23-18)17-10-8-7-9-11-17/h7-11,15-16H,5-6,12-14H2,1-4H3,(H,22,23,24). The number of carbonyl (C=O) groups is 1. The average Bonchev–Trinajstić information content (AvgIpc) is 2.65. The summed E-state index contributed by atoms with van der Waals surface area (Å²) < 4.78 is 0. The van der Waals surface area contributed by atoms with Gasteiger partial charge >= 0.3 is 0 Å². The fourth-order valence-corrected chi connectivity index (χ4v) is 2.54. The van der Waals surface area contributed by atoms with Crippen molar-refractivity contribution in [3.8, 4) is 11.4 Å². The van der Waals surface area contributed by atoms with Gasteiger partial charge in [0.15, 0.2) is 5.82 Å². The Balaban J connectivity index is 2.29. The molecule has 0 fully saturated rings. The van der Waals surface area contributed by atoms with Gasteiger partial charge in [-0.1, -0.05) is 57.5 Å². The lowest BCUT2D eigenvalue weighted by Gasteiger charge is -2.17. The third-order valence-electron chi connectivity index (χ3n) is 4.20. The highest BCUT2D eigenvalue weighted by Crippen LogP contribution is 2.19. The zero-order valence-electron chi connectivity index (χ0n) is 16.3. The van der Waals surface area contributed by atoms with Crippen molar-refractivity contribution < 1.29 is 4.79 Å². The van der Waals surface area contributed by atoms with Gasteiger partial charge in [-0.05, 0) is 18.8 Å². The first kappa shape index (κ1) is 19.9. The second kappa shape index (κ2) is 9.90. The summed E-state index contributed by atoms with van der Waals surface area (Å²) >= 11 is 0. The first-order valence-electron chi connectivity index (χ1n) is 9.45. The van der Waals surface area contributed by atoms with Crippen molar-refractivity contribution in [3.63, 3.8) is 0 Å². The van der Waals surface area contributed by atoms with Crippen molar-refractivity contribution in [2.75, 3.05) is 25.5 Å². The molecular formula is C21H30N4O. The molecular weight excluding hydrogens is 324 g/mol. The molecule has 5 nitrogen and oxygen atoms in total. The van der Waals surface area contributed by atoms with Crippen molar-refractivity contribution in [2.24, 2.45) is 5.92 Å². The molecule has 1 heterocycles. The monoisotopic (exact) mass is 354 g/mol. The van der Waals surface area contributed by atoms with Crippen LogP contribution in [0.5, 0.6) is 0 Å². The molecule has 0 radical (unpaired) electrons. The molecule has 1 aromatic carbocycles. The number of unbranched alkanes of at least 4 members (excludes halogenated alkanes) is 1. The number of benzene rings is 1. The molecule has 0 aliphatic carbocycles. The van der Waals surface area contributed by atoms with Crippen LogP contribution in [0.25, 0.3) is 11.4 Å². The lowest BCUT2D eigenvalue weighted by molar-refractivity contribution is 0.0787. The number of aromatic nitrogens is 2. The summed E-state index contributed by atoms with van der Waals surface area (Å²) in [6.45, 7) is 8.05. The van der Waals surface area contributed by atoms with Gasteiger partial charge in [0, 0.05) is 31.8 Å². The summed E-state index contributed by atoms with van der Waals surface area (Å²) in [6.07, 6.45) is 3.08. The number of hydrogen-bond donors (Lipinski definition) is 1. The van der Waals surface area contributed by atoms with E-state index < -0.39 is 0 Å². The number of rotatable bonds is 9. The van der Waals surface area contributed by atoms with Crippen LogP contribution in [-0.4, -0.2) is 40.9 Å². The second-order valence-corrected chi connectivity index (χ2v) is 7.02. The van der Waals surface area contributed by atoms with Crippen LogP contribution in [0, 0.1) is 5.92 Å². The fraction of sp³-hybridized carbons (Fsp3) is 0.476. The lowest BCUT2D eigenvalue weighted by atomic mass is 10.1. The molecule has 26 heavy (non-hydrogen) atoms. The third-order valence-corrected chi connectivity index (χ3v) is 4.20. The molecule has 2 aromatic rings. The number of anilines is 1. The number of hydrogen-bond acceptors (Lipinski definition) is 4. The maximum Gasteiger partial charge on any atom is 0.272 e. The van der Waals surface area contributed by atoms with Crippen molar-refractivity contribution in [1.82, 2.24) is 14.9 Å². The molecule has 0 bridgehead atoms. The van der Waals surface area contributed by atoms with Crippen LogP contribution < -0.4 is 5.32 Å². The van der Waals surface area contributed by atoms with E-state index in [0.717, 1.165) is 37.9 Å². The van der Waals surface area contributed by atoms with Crippen LogP contribution in [0.4, 0.5) is 5.82 Å². The Bertz CT molecular complexity index is 700. The normalized spacial score (nSPS) is 10.8. The van der Waals surface area contributed by atoms with Gasteiger partial charge in [-0.2, -0.15) is 0 Å². The van der Waals surface area contributed by atoms with Gasteiger partial charge in [-0.3, -0.25) is 4.79 Å². The van der Waals surface area contributed by atoms with E-state index in [9.17, 15) is 4.79 Å². The van der Waals surface area contributed by atoms with Crippen molar-refractivity contribution >= 4 is 11.7 Å². The van der Waals surface area contributed by atoms with E-state index in [2.05, 4.69) is 36.1 Å². The van der Waals surface area contributed by atoms with Gasteiger partial charge < -0.3 is 10.2 Å². The van der Waals surface area contributed by atoms with Gasteiger partial charge in [-0.25, -0.2) is 9.97 Å². The van der Waals surface area contributed by atoms with E-state index in [-0.39, 0.29) is 5.91 Å². The fourth-order valence-electron chi connectivity index (χ4n) is 2.54. The lowest BCUT2D eigenvalue weighted by Crippen LogP contribution is -2.28. The first-order valence-corrected chi connectivity index (χ1v) is 9.45. The molecule has 5 heteroatoms. The molecule has 0 aliphatic rings. The van der Waals surface area contributed by atoms with Gasteiger partial charge in [0.25, 0.3) is 5.91 Å². The summed E-state index contributed by atoms with van der Waals surface area (Å²) in [5.74, 6) is 1.82. The number of nitrogens with one attached hydrogen (secondary N) is 1. The Labute approximate surface area is 156 Å². The second-order valence-electron chi connectivity index (χ2n) is 7.02. The van der Waals surface area contributed by atoms with Gasteiger partial charge in [0.05, 0.1) is 0 Å². The number of nitrogens with zero attached hydrogens (tertiary/aromatic N) is 3. The summed E-state index contributed by atoms with van der Waals surface area (Å²) in [5, 5.41) is 3.34. The van der Waals surface area contributed by atoms with Crippen molar-refractivity contribution in [3.05, 3.63) is 42.1 Å². The molecule has 1 N–H and O–H groups in total. The molecule has 0 saturated heterocycles. The Morgan fingerprint density at radius 1 is 1.19 bits per heavy atom. The van der Waals surface area contributed by atoms with Crippen LogP contribution in [0.1, 0.15) is 50.5 Å². The Kier molecular flexibility index (Phi) is 7.57. The Morgan fingerprint density at radius 3 is 2.58 bits per heavy atom. The zero-order chi connectivity index (χ0) is 18.9. The van der Waals surface area contributed by atoms with E-state index in [1.807, 2.05) is 37.4 Å². The van der Waals surface area contributed by atoms with Crippen LogP contribution in [0.2, 0.25) is 0 Å². The minimum atomic E-state index is -0.0649. The van der Waals surface area contributed by atoms with Gasteiger partial charge in [0.1, 0.15) is 11.5 Å². The Hall–Kier alpha value is -2.43. The van der Waals surface area contributed by atoms with E-state index in [1.165, 1.54) is 0 Å². The van der Waals surface area contributed by atoms with Gasteiger partial charge in [0.2, 0.25) is 0 Å². The predicted octanol–water partition coefficient (Wildman–Crippen LogP) is 4.47. The molecule has 0 saturated carbocycles. The third kappa shape index (κ3) is 5.83. The zero-order valence-corrected chi connectivity index (χ0v) is 16.3. The molecule has 1 amide bonds. The molecule has 2 rings (SSSR count). The van der Waals surface area contributed by atoms with Crippen LogP contribution in [0.3, 0.4) is 0 Å². The van der Waals surface area contributed by atoms with Crippen molar-refractivity contribution in [2.45, 2.75) is 40.0 Å². The molecule has 0 aliphatic heterocycles. The van der Waals surface area contributed by atoms with E-state index in [4.69, 9.17) is 0 Å². The molecule has 1 aromatic heterocycles. The summed E-state index contributed by atoms with van der Waals surface area (Å²) in [7, 11) is 1.83. The molecule has 140 valence electrons. The minimum absolute atomic E-state index is 0.0649. The van der Waals surface area contributed by atoms with Crippen molar-refractivity contribution in [1.29, 1.82) is 0 Å². The smallest absolute Gasteiger partial charge is 0.272 e. The van der Waals surface area contributed by atoms with E-state index in [0.29, 0.717) is 23.3 Å². The largest absolute Gasteiger partial charge is 0.370 e. The molecule has 0 unspecified atom stereocenters. The highest BCUT2D eigenvalue weighted by molar-refractivity contribution is 5.93. The molecule has 0 atom stereocenters. The highest BCUT2D eigenvalue weighted by Gasteiger charge is 2.16. The Morgan fingerprint density at radius 2 is 1.92 bits per heavy atom. The summed E-state index contributed by atoms with van der Waals surface area (Å²) in [6, 6.07) is 11.5. The summed E-state index contributed by atoms with van der Waals surface area (Å²) in [5.41, 5.74) is 1.34. The maximum atomic E-state index is 12.8. The molecule has 0 spiro atoms. The van der Waals surface area contributed by atoms with Crippen LogP contribution in [-0.2, 0) is 0 Å². The van der Waals surface area contributed by atoms with E-state index >= 15 is 0 Å². The highest BCUT2D eigenvalue weighted by atomic mass is 16.2. The van der Waals surface area contributed by atoms with Crippen LogP contribution >= 0.6 is 0 Å². The SMILES string of the molecule is CCCCN(C)C(=O)c1cc(NCCC(C)C)nc(-c2ccccc2)n1. The maximum absolute atomic E-state index is 12.8. The summed E-state index contributed by atoms with van der Waals surface area (Å²) in [4.78, 5) is 23.7. The van der Waals surface area contributed by atoms with Crippen LogP contribution in [0.15, 0.2) is 36.4 Å². The number of amides is 1.